The molecule has 2 aliphatic carbocycles. The molecule has 0 aromatic heterocycles. The number of hydrogen-bond donors (Lipinski definition) is 4. The van der Waals surface area contributed by atoms with Gasteiger partial charge in [0.25, 0.3) is 0 Å². The molecule has 7 nitrogen and oxygen atoms in total. The van der Waals surface area contributed by atoms with E-state index in [1.54, 1.807) is 18.2 Å². The summed E-state index contributed by atoms with van der Waals surface area (Å²) in [6, 6.07) is 6.40. The highest BCUT2D eigenvalue weighted by Crippen LogP contribution is 2.41. The third-order valence-electron chi connectivity index (χ3n) is 5.14. The number of para-hydroxylation sites is 1. The number of rotatable bonds is 6. The van der Waals surface area contributed by atoms with Gasteiger partial charge in [-0.05, 0) is 56.1 Å². The van der Waals surface area contributed by atoms with Gasteiger partial charge in [0.15, 0.2) is 5.70 Å². The van der Waals surface area contributed by atoms with Crippen LogP contribution in [-0.2, 0) is 9.53 Å². The van der Waals surface area contributed by atoms with Gasteiger partial charge in [0, 0.05) is 0 Å². The fraction of sp³-hybridized carbons (Fsp3) is 0.550. The average molecular weight is 431 g/mol. The number of benzene rings is 1. The Morgan fingerprint density at radius 1 is 1.07 bits per heavy atom. The Morgan fingerprint density at radius 2 is 1.70 bits per heavy atom. The van der Waals surface area contributed by atoms with Gasteiger partial charge < -0.3 is 25.7 Å². The molecule has 0 saturated heterocycles. The molecule has 0 bridgehead atoms. The first-order valence-corrected chi connectivity index (χ1v) is 9.92. The Labute approximate surface area is 173 Å². The Hall–Kier alpha value is -2.62. The van der Waals surface area contributed by atoms with Gasteiger partial charge in [0.1, 0.15) is 11.9 Å². The van der Waals surface area contributed by atoms with Gasteiger partial charge in [-0.15, -0.1) is 13.2 Å². The molecule has 6 N–H and O–H groups in total. The standard InChI is InChI=1S/C11H11F3O.C9H17N3O3/c12-11(13,14)15-10-7-2-1-6-9(10)8-4-3-5-8;10-8(7(12-11)9(13)14)15-6-4-2-1-3-5-6/h1-2,6-8H,3-5H2;6,12H,1-5,10-11H2,(H,13,14)/b;8-7+. The summed E-state index contributed by atoms with van der Waals surface area (Å²) in [6.45, 7) is 0. The van der Waals surface area contributed by atoms with Crippen molar-refractivity contribution in [1.82, 2.24) is 5.43 Å². The second-order valence-corrected chi connectivity index (χ2v) is 7.28. The van der Waals surface area contributed by atoms with Gasteiger partial charge in [-0.25, -0.2) is 4.79 Å². The first-order chi connectivity index (χ1) is 14.2. The van der Waals surface area contributed by atoms with Crippen LogP contribution in [0.1, 0.15) is 62.8 Å². The first-order valence-electron chi connectivity index (χ1n) is 9.92. The summed E-state index contributed by atoms with van der Waals surface area (Å²) in [5, 5.41) is 8.71. The van der Waals surface area contributed by atoms with E-state index in [2.05, 4.69) is 4.74 Å². The van der Waals surface area contributed by atoms with Crippen molar-refractivity contribution >= 4 is 5.97 Å². The highest BCUT2D eigenvalue weighted by molar-refractivity contribution is 5.86. The molecule has 0 amide bonds. The molecule has 10 heteroatoms. The van der Waals surface area contributed by atoms with Gasteiger partial charge in [0.05, 0.1) is 0 Å². The van der Waals surface area contributed by atoms with Gasteiger partial charge in [-0.2, -0.15) is 0 Å². The van der Waals surface area contributed by atoms with E-state index in [1.807, 2.05) is 5.43 Å². The van der Waals surface area contributed by atoms with E-state index in [4.69, 9.17) is 21.4 Å². The van der Waals surface area contributed by atoms with Crippen LogP contribution < -0.4 is 21.7 Å². The number of carbonyl (C=O) groups is 1. The molecular weight excluding hydrogens is 403 g/mol. The molecule has 0 atom stereocenters. The molecule has 2 aliphatic rings. The van der Waals surface area contributed by atoms with E-state index in [0.717, 1.165) is 44.9 Å². The highest BCUT2D eigenvalue weighted by atomic mass is 19.4. The summed E-state index contributed by atoms with van der Waals surface area (Å²) >= 11 is 0. The molecule has 2 saturated carbocycles. The maximum absolute atomic E-state index is 12.1. The summed E-state index contributed by atoms with van der Waals surface area (Å²) < 4.78 is 45.6. The lowest BCUT2D eigenvalue weighted by Gasteiger charge is -2.27. The number of nitrogens with two attached hydrogens (primary N) is 2. The Morgan fingerprint density at radius 3 is 2.20 bits per heavy atom. The summed E-state index contributed by atoms with van der Waals surface area (Å²) in [5.41, 5.74) is 7.91. The minimum atomic E-state index is -4.60. The zero-order valence-corrected chi connectivity index (χ0v) is 16.6. The normalized spacial score (nSPS) is 18.3. The predicted molar refractivity (Wildman–Crippen MR) is 104 cm³/mol. The molecule has 168 valence electrons. The predicted octanol–water partition coefficient (Wildman–Crippen LogP) is 3.86. The van der Waals surface area contributed by atoms with Crippen LogP contribution in [0.5, 0.6) is 5.75 Å². The number of aliphatic carboxylic acids is 1. The zero-order valence-electron chi connectivity index (χ0n) is 16.6. The quantitative estimate of drug-likeness (QED) is 0.234. The van der Waals surface area contributed by atoms with Crippen molar-refractivity contribution in [3.8, 4) is 5.75 Å². The molecule has 0 spiro atoms. The molecule has 0 unspecified atom stereocenters. The Bertz CT molecular complexity index is 730. The van der Waals surface area contributed by atoms with E-state index >= 15 is 0 Å². The molecule has 3 rings (SSSR count). The van der Waals surface area contributed by atoms with Gasteiger partial charge in [0.2, 0.25) is 5.88 Å². The lowest BCUT2D eigenvalue weighted by Crippen LogP contribution is -2.32. The van der Waals surface area contributed by atoms with Crippen LogP contribution in [-0.4, -0.2) is 23.5 Å². The summed E-state index contributed by atoms with van der Waals surface area (Å²) in [7, 11) is 0. The molecular formula is C20H28F3N3O4. The third-order valence-corrected chi connectivity index (χ3v) is 5.14. The molecule has 1 aromatic rings. The van der Waals surface area contributed by atoms with E-state index in [1.165, 1.54) is 12.5 Å². The smallest absolute Gasteiger partial charge is 0.476 e. The molecule has 2 fully saturated rings. The fourth-order valence-electron chi connectivity index (χ4n) is 3.41. The van der Waals surface area contributed by atoms with Crippen LogP contribution in [0, 0.1) is 0 Å². The van der Waals surface area contributed by atoms with Crippen LogP contribution in [0.15, 0.2) is 35.8 Å². The molecule has 0 heterocycles. The van der Waals surface area contributed by atoms with Crippen molar-refractivity contribution < 1.29 is 32.5 Å². The second kappa shape index (κ2) is 11.0. The van der Waals surface area contributed by atoms with Crippen LogP contribution in [0.2, 0.25) is 0 Å². The van der Waals surface area contributed by atoms with Crippen molar-refractivity contribution in [2.75, 3.05) is 0 Å². The van der Waals surface area contributed by atoms with Gasteiger partial charge in [-0.3, -0.25) is 5.84 Å². The number of carboxylic acids is 1. The maximum atomic E-state index is 12.1. The van der Waals surface area contributed by atoms with Crippen LogP contribution in [0.4, 0.5) is 13.2 Å². The van der Waals surface area contributed by atoms with E-state index < -0.39 is 12.3 Å². The number of hydrogen-bond acceptors (Lipinski definition) is 6. The van der Waals surface area contributed by atoms with E-state index in [0.29, 0.717) is 5.56 Å². The second-order valence-electron chi connectivity index (χ2n) is 7.28. The summed E-state index contributed by atoms with van der Waals surface area (Å²) in [5.74, 6) is 3.87. The van der Waals surface area contributed by atoms with Crippen LogP contribution in [0.3, 0.4) is 0 Å². The Balaban J connectivity index is 0.000000214. The van der Waals surface area contributed by atoms with Gasteiger partial charge in [-0.1, -0.05) is 31.0 Å². The van der Waals surface area contributed by atoms with E-state index in [9.17, 15) is 18.0 Å². The summed E-state index contributed by atoms with van der Waals surface area (Å²) in [4.78, 5) is 10.7. The lowest BCUT2D eigenvalue weighted by molar-refractivity contribution is -0.275. The van der Waals surface area contributed by atoms with E-state index in [-0.39, 0.29) is 29.4 Å². The lowest BCUT2D eigenvalue weighted by atomic mass is 9.80. The molecule has 30 heavy (non-hydrogen) atoms. The molecule has 0 aliphatic heterocycles. The van der Waals surface area contributed by atoms with Crippen molar-refractivity contribution in [2.45, 2.75) is 69.8 Å². The average Bonchev–Trinajstić information content (AvgIpc) is 2.62. The highest BCUT2D eigenvalue weighted by Gasteiger charge is 2.33. The summed E-state index contributed by atoms with van der Waals surface area (Å²) in [6.07, 6.45) is 3.64. The van der Waals surface area contributed by atoms with Crippen LogP contribution in [0.25, 0.3) is 0 Å². The van der Waals surface area contributed by atoms with Crippen molar-refractivity contribution in [2.24, 2.45) is 11.6 Å². The Kier molecular flexibility index (Phi) is 8.64. The maximum Gasteiger partial charge on any atom is 0.573 e. The van der Waals surface area contributed by atoms with Crippen molar-refractivity contribution in [1.29, 1.82) is 0 Å². The number of ether oxygens (including phenoxy) is 2. The van der Waals surface area contributed by atoms with Crippen molar-refractivity contribution in [3.05, 3.63) is 41.4 Å². The van der Waals surface area contributed by atoms with Gasteiger partial charge >= 0.3 is 12.3 Å². The monoisotopic (exact) mass is 431 g/mol. The fourth-order valence-corrected chi connectivity index (χ4v) is 3.41. The zero-order chi connectivity index (χ0) is 22.1. The number of hydrazine groups is 1. The minimum Gasteiger partial charge on any atom is -0.476 e. The number of halogens is 3. The minimum absolute atomic E-state index is 0.0152. The third kappa shape index (κ3) is 7.33. The van der Waals surface area contributed by atoms with Crippen LogP contribution >= 0.6 is 0 Å². The first kappa shape index (κ1) is 23.7. The largest absolute Gasteiger partial charge is 0.573 e. The van der Waals surface area contributed by atoms with Crippen molar-refractivity contribution in [3.63, 3.8) is 0 Å². The number of alkyl halides is 3. The number of carboxylic acid groups (broad SMARTS) is 1. The molecule has 0 radical (unpaired) electrons. The topological polar surface area (TPSA) is 120 Å². The number of nitrogens with one attached hydrogen (secondary N) is 1. The molecule has 1 aromatic carbocycles. The SMILES string of the molecule is FC(F)(F)Oc1ccccc1C1CCC1.NN/C(C(=O)O)=C(\N)OC1CCCCC1.